The van der Waals surface area contributed by atoms with Crippen LogP contribution in [0.25, 0.3) is 0 Å². The number of carboxylic acids is 2. The van der Waals surface area contributed by atoms with Crippen molar-refractivity contribution >= 4 is 11.9 Å². The lowest BCUT2D eigenvalue weighted by Crippen LogP contribution is -2.63. The summed E-state index contributed by atoms with van der Waals surface area (Å²) in [7, 11) is 0. The van der Waals surface area contributed by atoms with E-state index in [1.54, 1.807) is 0 Å². The monoisotopic (exact) mass is 344 g/mol. The van der Waals surface area contributed by atoms with Crippen LogP contribution in [-0.4, -0.2) is 107 Å². The summed E-state index contributed by atoms with van der Waals surface area (Å²) >= 11 is 0. The third-order valence-corrected chi connectivity index (χ3v) is 2.98. The third-order valence-electron chi connectivity index (χ3n) is 2.98. The Kier molecular flexibility index (Phi) is 7.96. The largest absolute Gasteiger partial charge is 0.479 e. The molecule has 12 heteroatoms. The molecule has 0 radical (unpaired) electrons. The average molecular weight is 344 g/mol. The fraction of sp³-hybridized carbons (Fsp3) is 0.818. The quantitative estimate of drug-likeness (QED) is 0.234. The van der Waals surface area contributed by atoms with Gasteiger partial charge in [0.2, 0.25) is 0 Å². The first-order chi connectivity index (χ1) is 10.4. The van der Waals surface area contributed by atoms with Crippen LogP contribution in [0.2, 0.25) is 0 Å². The van der Waals surface area contributed by atoms with Crippen molar-refractivity contribution in [3.63, 3.8) is 0 Å². The minimum atomic E-state index is -2.27. The van der Waals surface area contributed by atoms with Crippen molar-refractivity contribution in [2.24, 2.45) is 0 Å². The SMILES string of the molecule is CC1(O)O[C@H](CO)[C@H](O)[C@H](O)[C@H]1O.O=C(O)C(O)C(O)C(=O)O. The standard InChI is InChI=1S/C7H14O6.C4H6O6/c1-7(12)6(11)5(10)4(9)3(2-8)13-7;5-1(3(7)8)2(6)4(9)10/h3-6,8-12H,2H2,1H3;1-2,5-6H,(H,7,8)(H,9,10)/t3-,4+,5+,6-,7?;/m1./s1. The lowest BCUT2D eigenvalue weighted by Gasteiger charge is -2.43. The van der Waals surface area contributed by atoms with Crippen LogP contribution in [0.3, 0.4) is 0 Å². The van der Waals surface area contributed by atoms with Crippen molar-refractivity contribution in [2.45, 2.75) is 49.3 Å². The molecule has 1 fully saturated rings. The molecule has 0 aliphatic carbocycles. The highest BCUT2D eigenvalue weighted by atomic mass is 16.7. The Labute approximate surface area is 129 Å². The molecule has 1 saturated heterocycles. The van der Waals surface area contributed by atoms with Gasteiger partial charge in [-0.25, -0.2) is 9.59 Å². The summed E-state index contributed by atoms with van der Waals surface area (Å²) in [6, 6.07) is 0. The van der Waals surface area contributed by atoms with E-state index in [2.05, 4.69) is 0 Å². The van der Waals surface area contributed by atoms with Crippen molar-refractivity contribution in [1.29, 1.82) is 0 Å². The zero-order valence-electron chi connectivity index (χ0n) is 11.9. The molecule has 0 amide bonds. The molecular formula is C11H20O12. The van der Waals surface area contributed by atoms with Crippen molar-refractivity contribution in [3.05, 3.63) is 0 Å². The van der Waals surface area contributed by atoms with Crippen LogP contribution in [0.15, 0.2) is 0 Å². The third kappa shape index (κ3) is 5.63. The number of rotatable bonds is 4. The van der Waals surface area contributed by atoms with Crippen molar-refractivity contribution in [1.82, 2.24) is 0 Å². The lowest BCUT2D eigenvalue weighted by atomic mass is 9.94. The molecular weight excluding hydrogens is 324 g/mol. The number of carboxylic acid groups (broad SMARTS) is 2. The molecule has 1 heterocycles. The fourth-order valence-corrected chi connectivity index (χ4v) is 1.58. The number of ether oxygens (including phenoxy) is 1. The van der Waals surface area contributed by atoms with Crippen molar-refractivity contribution in [3.8, 4) is 0 Å². The first-order valence-corrected chi connectivity index (χ1v) is 6.23. The van der Waals surface area contributed by atoms with Gasteiger partial charge >= 0.3 is 11.9 Å². The van der Waals surface area contributed by atoms with Crippen LogP contribution < -0.4 is 0 Å². The Morgan fingerprint density at radius 1 is 1.04 bits per heavy atom. The molecule has 1 aliphatic heterocycles. The van der Waals surface area contributed by atoms with Crippen LogP contribution in [0.5, 0.6) is 0 Å². The van der Waals surface area contributed by atoms with Gasteiger partial charge in [0.05, 0.1) is 6.61 Å². The molecule has 1 aliphatic rings. The van der Waals surface area contributed by atoms with E-state index in [-0.39, 0.29) is 0 Å². The first kappa shape index (κ1) is 21.6. The van der Waals surface area contributed by atoms with Crippen LogP contribution >= 0.6 is 0 Å². The normalized spacial score (nSPS) is 36.3. The Morgan fingerprint density at radius 3 is 1.74 bits per heavy atom. The maximum Gasteiger partial charge on any atom is 0.335 e. The molecule has 0 aromatic carbocycles. The summed E-state index contributed by atoms with van der Waals surface area (Å²) < 4.78 is 4.76. The summed E-state index contributed by atoms with van der Waals surface area (Å²) in [6.07, 6.45) is -10.1. The van der Waals surface area contributed by atoms with Crippen LogP contribution in [-0.2, 0) is 14.3 Å². The average Bonchev–Trinajstić information content (AvgIpc) is 2.47. The minimum Gasteiger partial charge on any atom is -0.479 e. The molecule has 0 aromatic rings. The van der Waals surface area contributed by atoms with Gasteiger partial charge in [-0.15, -0.1) is 0 Å². The Balaban J connectivity index is 0.000000438. The zero-order valence-corrected chi connectivity index (χ0v) is 11.9. The minimum absolute atomic E-state index is 0.541. The number of aliphatic hydroxyl groups is 7. The Morgan fingerprint density at radius 2 is 1.43 bits per heavy atom. The van der Waals surface area contributed by atoms with Gasteiger partial charge in [-0.05, 0) is 6.92 Å². The van der Waals surface area contributed by atoms with Gasteiger partial charge in [0, 0.05) is 0 Å². The highest BCUT2D eigenvalue weighted by molar-refractivity contribution is 5.83. The van der Waals surface area contributed by atoms with E-state index in [9.17, 15) is 30.0 Å². The van der Waals surface area contributed by atoms with Gasteiger partial charge in [-0.2, -0.15) is 0 Å². The maximum absolute atomic E-state index is 9.77. The first-order valence-electron chi connectivity index (χ1n) is 6.23. The van der Waals surface area contributed by atoms with E-state index in [1.807, 2.05) is 0 Å². The van der Waals surface area contributed by atoms with Crippen molar-refractivity contribution < 1.29 is 60.3 Å². The van der Waals surface area contributed by atoms with E-state index in [1.165, 1.54) is 0 Å². The van der Waals surface area contributed by atoms with Gasteiger partial charge in [-0.3, -0.25) is 0 Å². The predicted octanol–water partition coefficient (Wildman–Crippen LogP) is -4.95. The van der Waals surface area contributed by atoms with Gasteiger partial charge in [0.15, 0.2) is 18.0 Å². The molecule has 23 heavy (non-hydrogen) atoms. The molecule has 7 atom stereocenters. The summed E-state index contributed by atoms with van der Waals surface area (Å²) in [6.45, 7) is 0.608. The molecule has 0 spiro atoms. The van der Waals surface area contributed by atoms with Crippen molar-refractivity contribution in [2.75, 3.05) is 6.61 Å². The Bertz CT molecular complexity index is 390. The number of carbonyl (C=O) groups is 2. The van der Waals surface area contributed by atoms with Crippen LogP contribution in [0.4, 0.5) is 0 Å². The summed E-state index contributed by atoms with van der Waals surface area (Å²) in [5.74, 6) is -5.49. The summed E-state index contributed by atoms with van der Waals surface area (Å²) in [5.41, 5.74) is 0. The van der Waals surface area contributed by atoms with E-state index in [4.69, 9.17) is 30.3 Å². The zero-order chi connectivity index (χ0) is 18.5. The molecule has 9 N–H and O–H groups in total. The number of aliphatic hydroxyl groups excluding tert-OH is 6. The molecule has 0 saturated carbocycles. The van der Waals surface area contributed by atoms with Gasteiger partial charge in [0.25, 0.3) is 0 Å². The predicted molar refractivity (Wildman–Crippen MR) is 67.9 cm³/mol. The van der Waals surface area contributed by atoms with Gasteiger partial charge in [-0.1, -0.05) is 0 Å². The second kappa shape index (κ2) is 8.47. The highest BCUT2D eigenvalue weighted by Gasteiger charge is 2.49. The highest BCUT2D eigenvalue weighted by Crippen LogP contribution is 2.27. The fourth-order valence-electron chi connectivity index (χ4n) is 1.58. The topological polar surface area (TPSA) is 225 Å². The van der Waals surface area contributed by atoms with E-state index < -0.39 is 61.0 Å². The molecule has 12 nitrogen and oxygen atoms in total. The van der Waals surface area contributed by atoms with Gasteiger partial charge < -0.3 is 50.7 Å². The second-order valence-corrected chi connectivity index (χ2v) is 4.89. The molecule has 136 valence electrons. The summed E-state index contributed by atoms with van der Waals surface area (Å²) in [5, 5.41) is 78.3. The number of hydrogen-bond donors (Lipinski definition) is 9. The van der Waals surface area contributed by atoms with Crippen LogP contribution in [0, 0.1) is 0 Å². The smallest absolute Gasteiger partial charge is 0.335 e. The maximum atomic E-state index is 9.77. The van der Waals surface area contributed by atoms with E-state index in [0.29, 0.717) is 0 Å². The Hall–Kier alpha value is -1.38. The lowest BCUT2D eigenvalue weighted by molar-refractivity contribution is -0.341. The molecule has 3 unspecified atom stereocenters. The molecule has 1 rings (SSSR count). The second-order valence-electron chi connectivity index (χ2n) is 4.89. The number of hydrogen-bond acceptors (Lipinski definition) is 10. The van der Waals surface area contributed by atoms with Crippen LogP contribution in [0.1, 0.15) is 6.92 Å². The molecule has 0 aromatic heterocycles. The summed E-state index contributed by atoms with van der Waals surface area (Å²) in [4.78, 5) is 19.5. The van der Waals surface area contributed by atoms with Gasteiger partial charge in [0.1, 0.15) is 24.4 Å². The molecule has 0 bridgehead atoms. The van der Waals surface area contributed by atoms with E-state index >= 15 is 0 Å². The van der Waals surface area contributed by atoms with E-state index in [0.717, 1.165) is 6.92 Å². The number of aliphatic carboxylic acids is 2.